The van der Waals surface area contributed by atoms with Gasteiger partial charge in [0.05, 0.1) is 19.7 Å². The number of pyridine rings is 1. The van der Waals surface area contributed by atoms with Gasteiger partial charge in [0, 0.05) is 28.4 Å². The molecule has 4 rings (SSSR count). The number of aromatic nitrogens is 1. The molecule has 0 radical (unpaired) electrons. The van der Waals surface area contributed by atoms with Gasteiger partial charge in [-0.2, -0.15) is 0 Å². The molecule has 0 fully saturated rings. The molecule has 0 aliphatic carbocycles. The summed E-state index contributed by atoms with van der Waals surface area (Å²) in [7, 11) is 3.12. The van der Waals surface area contributed by atoms with Gasteiger partial charge in [0.2, 0.25) is 0 Å². The first-order valence-electron chi connectivity index (χ1n) is 11.7. The maximum Gasteiger partial charge on any atom is 0.338 e. The van der Waals surface area contributed by atoms with Gasteiger partial charge in [0.15, 0.2) is 17.1 Å². The highest BCUT2D eigenvalue weighted by molar-refractivity contribution is 7.79. The zero-order valence-corrected chi connectivity index (χ0v) is 23.2. The van der Waals surface area contributed by atoms with Crippen LogP contribution in [0.15, 0.2) is 72.9 Å². The zero-order chi connectivity index (χ0) is 28.2. The van der Waals surface area contributed by atoms with E-state index >= 15 is 0 Å². The summed E-state index contributed by atoms with van der Waals surface area (Å²) in [5.41, 5.74) is -0.262. The van der Waals surface area contributed by atoms with Gasteiger partial charge in [0.25, 0.3) is 5.91 Å². The molecule has 0 aliphatic heterocycles. The Hall–Kier alpha value is -4.15. The fourth-order valence-electron chi connectivity index (χ4n) is 3.63. The minimum absolute atomic E-state index is 0.426. The minimum Gasteiger partial charge on any atom is -0.493 e. The van der Waals surface area contributed by atoms with Gasteiger partial charge in [-0.1, -0.05) is 24.4 Å². The Morgan fingerprint density at radius 2 is 1.51 bits per heavy atom. The van der Waals surface area contributed by atoms with Crippen LogP contribution in [0.3, 0.4) is 0 Å². The molecule has 0 saturated heterocycles. The largest absolute Gasteiger partial charge is 0.493 e. The van der Waals surface area contributed by atoms with Crippen molar-refractivity contribution in [1.82, 2.24) is 9.29 Å². The summed E-state index contributed by atoms with van der Waals surface area (Å²) in [5.74, 6) is 1.96. The van der Waals surface area contributed by atoms with E-state index in [2.05, 4.69) is 23.1 Å². The summed E-state index contributed by atoms with van der Waals surface area (Å²) in [6.07, 6.45) is 1.63. The van der Waals surface area contributed by atoms with E-state index in [1.165, 1.54) is 0 Å². The molecule has 1 aromatic heterocycles. The first-order valence-corrected chi connectivity index (χ1v) is 12.5. The van der Waals surface area contributed by atoms with Gasteiger partial charge in [0.1, 0.15) is 17.2 Å². The van der Waals surface area contributed by atoms with Crippen LogP contribution in [0.25, 0.3) is 10.9 Å². The highest BCUT2D eigenvalue weighted by atomic mass is 35.5. The smallest absolute Gasteiger partial charge is 0.338 e. The number of amides is 3. The van der Waals surface area contributed by atoms with Crippen molar-refractivity contribution in [1.29, 1.82) is 0 Å². The molecule has 3 amide bonds. The van der Waals surface area contributed by atoms with Crippen molar-refractivity contribution in [2.24, 2.45) is 0 Å². The van der Waals surface area contributed by atoms with Gasteiger partial charge in [-0.25, -0.2) is 9.10 Å². The van der Waals surface area contributed by atoms with E-state index in [9.17, 15) is 9.59 Å². The molecule has 0 atom stereocenters. The number of hydrogen-bond donors (Lipinski definition) is 2. The number of anilines is 1. The number of imide groups is 1. The molecule has 1 N–H and O–H groups in total. The van der Waals surface area contributed by atoms with Crippen LogP contribution in [0.2, 0.25) is 5.02 Å². The fourth-order valence-corrected chi connectivity index (χ4v) is 4.05. The third-order valence-corrected chi connectivity index (χ3v) is 6.24. The third-order valence-electron chi connectivity index (χ3n) is 5.63. The maximum atomic E-state index is 12.9. The Kier molecular flexibility index (Phi) is 8.37. The van der Waals surface area contributed by atoms with Gasteiger partial charge < -0.3 is 24.3 Å². The van der Waals surface area contributed by atoms with Crippen molar-refractivity contribution in [2.75, 3.05) is 19.5 Å². The third kappa shape index (κ3) is 6.47. The van der Waals surface area contributed by atoms with Crippen LogP contribution >= 0.6 is 24.4 Å². The van der Waals surface area contributed by atoms with Crippen LogP contribution in [-0.4, -0.2) is 41.0 Å². The van der Waals surface area contributed by atoms with E-state index in [-0.39, 0.29) is 0 Å². The molecule has 0 aliphatic rings. The summed E-state index contributed by atoms with van der Waals surface area (Å²) in [6.45, 7) is 3.09. The van der Waals surface area contributed by atoms with Crippen molar-refractivity contribution < 1.29 is 28.5 Å². The van der Waals surface area contributed by atoms with E-state index in [4.69, 9.17) is 30.5 Å². The number of thiol groups is 1. The second-order valence-electron chi connectivity index (χ2n) is 8.77. The molecule has 0 saturated carbocycles. The number of urea groups is 1. The lowest BCUT2D eigenvalue weighted by molar-refractivity contribution is -0.137. The molecular formula is C28H26ClN3O6S. The second kappa shape index (κ2) is 11.7. The Morgan fingerprint density at radius 1 is 0.897 bits per heavy atom. The summed E-state index contributed by atoms with van der Waals surface area (Å²) < 4.78 is 23.2. The molecule has 0 bridgehead atoms. The summed E-state index contributed by atoms with van der Waals surface area (Å²) in [4.78, 5) is 30.0. The molecule has 39 heavy (non-hydrogen) atoms. The average Bonchev–Trinajstić information content (AvgIpc) is 2.93. The van der Waals surface area contributed by atoms with Gasteiger partial charge in [-0.05, 0) is 74.5 Å². The number of methoxy groups -OCH3 is 2. The molecule has 11 heteroatoms. The number of fused-ring (bicyclic) bond motifs is 1. The topological polar surface area (TPSA) is 99.2 Å². The number of nitrogens with zero attached hydrogens (tertiary/aromatic N) is 2. The lowest BCUT2D eigenvalue weighted by Crippen LogP contribution is -2.48. The summed E-state index contributed by atoms with van der Waals surface area (Å²) >= 11 is 9.99. The van der Waals surface area contributed by atoms with Gasteiger partial charge in [-0.3, -0.25) is 9.78 Å². The number of nitrogens with one attached hydrogen (secondary N) is 1. The van der Waals surface area contributed by atoms with Crippen molar-refractivity contribution in [3.05, 3.63) is 77.9 Å². The van der Waals surface area contributed by atoms with Crippen LogP contribution in [0.5, 0.6) is 28.7 Å². The first-order chi connectivity index (χ1) is 18.6. The van der Waals surface area contributed by atoms with Crippen LogP contribution in [-0.2, 0) is 4.79 Å². The molecule has 202 valence electrons. The number of hydrogen-bond acceptors (Lipinski definition) is 8. The molecule has 1 heterocycles. The predicted molar refractivity (Wildman–Crippen MR) is 152 cm³/mol. The highest BCUT2D eigenvalue weighted by Gasteiger charge is 2.36. The van der Waals surface area contributed by atoms with Crippen LogP contribution in [0.4, 0.5) is 10.5 Å². The lowest BCUT2D eigenvalue weighted by Gasteiger charge is -2.28. The minimum atomic E-state index is -1.37. The summed E-state index contributed by atoms with van der Waals surface area (Å²) in [6, 6.07) is 17.7. The average molecular weight is 568 g/mol. The van der Waals surface area contributed by atoms with E-state index < -0.39 is 17.5 Å². The number of halogens is 1. The van der Waals surface area contributed by atoms with Crippen molar-refractivity contribution in [3.63, 3.8) is 0 Å². The predicted octanol–water partition coefficient (Wildman–Crippen LogP) is 6.76. The fraction of sp³-hybridized carbons (Fsp3) is 0.179. The van der Waals surface area contributed by atoms with E-state index in [0.29, 0.717) is 49.3 Å². The monoisotopic (exact) mass is 567 g/mol. The van der Waals surface area contributed by atoms with Crippen LogP contribution in [0, 0.1) is 0 Å². The number of carbonyl (C=O) groups is 2. The van der Waals surface area contributed by atoms with E-state index in [1.54, 1.807) is 101 Å². The van der Waals surface area contributed by atoms with Crippen LogP contribution in [0.1, 0.15) is 13.8 Å². The maximum absolute atomic E-state index is 12.9. The van der Waals surface area contributed by atoms with Crippen molar-refractivity contribution in [2.45, 2.75) is 19.4 Å². The molecule has 4 aromatic rings. The Balaban J connectivity index is 1.42. The zero-order valence-electron chi connectivity index (χ0n) is 21.6. The van der Waals surface area contributed by atoms with Gasteiger partial charge >= 0.3 is 6.03 Å². The number of carbonyl (C=O) groups excluding carboxylic acids is 2. The van der Waals surface area contributed by atoms with E-state index in [0.717, 1.165) is 5.39 Å². The number of ether oxygens (including phenoxy) is 4. The Bertz CT molecular complexity index is 1500. The summed E-state index contributed by atoms with van der Waals surface area (Å²) in [5, 5.41) is 3.91. The molecule has 9 nitrogen and oxygen atoms in total. The Morgan fingerprint density at radius 3 is 2.15 bits per heavy atom. The second-order valence-corrected chi connectivity index (χ2v) is 9.61. The van der Waals surface area contributed by atoms with Crippen molar-refractivity contribution >= 4 is 52.9 Å². The highest BCUT2D eigenvalue weighted by Crippen LogP contribution is 2.37. The SMILES string of the molecule is COc1cc2nccc(Oc3ccc(NC(=O)N(S)C(=O)C(C)(C)Oc4ccc(Cl)cc4)cc3)c2cc1OC. The lowest BCUT2D eigenvalue weighted by atomic mass is 10.1. The molecule has 3 aromatic carbocycles. The molecule has 0 spiro atoms. The quantitative estimate of drug-likeness (QED) is 0.227. The van der Waals surface area contributed by atoms with Crippen molar-refractivity contribution in [3.8, 4) is 28.7 Å². The van der Waals surface area contributed by atoms with Crippen LogP contribution < -0.4 is 24.3 Å². The molecular weight excluding hydrogens is 542 g/mol. The molecule has 0 unspecified atom stereocenters. The Labute approximate surface area is 236 Å². The first kappa shape index (κ1) is 27.9. The number of benzene rings is 3. The number of rotatable bonds is 8. The normalized spacial score (nSPS) is 11.0. The standard InChI is InChI=1S/C28H26ClN3O6S/c1-28(2,38-20-9-5-17(29)6-10-20)26(33)32(39)27(34)31-18-7-11-19(12-8-18)37-23-13-14-30-22-16-25(36-4)24(35-3)15-21(22)23/h5-16,39H,1-4H3,(H,31,34). The van der Waals surface area contributed by atoms with E-state index in [1.807, 2.05) is 0 Å². The van der Waals surface area contributed by atoms with Gasteiger partial charge in [-0.15, -0.1) is 0 Å².